The van der Waals surface area contributed by atoms with E-state index < -0.39 is 5.97 Å². The molecule has 1 rings (SSSR count). The number of alkyl halides is 1. The molecule has 0 saturated heterocycles. The number of ether oxygens (including phenoxy) is 1. The number of Topliss-reactive ketones (excluding diaryl/α,β-unsaturated/α-hetero) is 1. The summed E-state index contributed by atoms with van der Waals surface area (Å²) in [5.74, 6) is -0.850. The molecule has 0 saturated carbocycles. The zero-order chi connectivity index (χ0) is 14.8. The second-order valence-corrected chi connectivity index (χ2v) is 5.26. The Kier molecular flexibility index (Phi) is 7.88. The predicted octanol–water partition coefficient (Wildman–Crippen LogP) is 3.81. The lowest BCUT2D eigenvalue weighted by Gasteiger charge is -2.06. The number of unbranched alkanes of at least 4 members (excludes halogenated alkanes) is 2. The Morgan fingerprint density at radius 3 is 2.45 bits per heavy atom. The van der Waals surface area contributed by atoms with Crippen molar-refractivity contribution in [1.82, 2.24) is 0 Å². The molecule has 0 heterocycles. The van der Waals surface area contributed by atoms with Gasteiger partial charge < -0.3 is 4.74 Å². The van der Waals surface area contributed by atoms with Crippen LogP contribution < -0.4 is 0 Å². The van der Waals surface area contributed by atoms with Crippen molar-refractivity contribution in [3.8, 4) is 0 Å². The van der Waals surface area contributed by atoms with Crippen LogP contribution in [-0.2, 0) is 20.9 Å². The van der Waals surface area contributed by atoms with Gasteiger partial charge >= 0.3 is 5.97 Å². The van der Waals surface area contributed by atoms with E-state index in [1.54, 1.807) is 0 Å². The first-order valence-electron chi connectivity index (χ1n) is 6.64. The van der Waals surface area contributed by atoms with E-state index in [9.17, 15) is 9.59 Å². The molecule has 0 spiro atoms. The highest BCUT2D eigenvalue weighted by atomic mass is 79.9. The minimum atomic E-state index is -0.626. The van der Waals surface area contributed by atoms with E-state index in [-0.39, 0.29) is 18.0 Å². The number of benzene rings is 1. The van der Waals surface area contributed by atoms with E-state index >= 15 is 0 Å². The van der Waals surface area contributed by atoms with Crippen LogP contribution in [0.1, 0.15) is 31.2 Å². The number of carbonyl (C=O) groups excluding carboxylic acids is 2. The molecule has 0 unspecified atom stereocenters. The van der Waals surface area contributed by atoms with Crippen LogP contribution in [0.5, 0.6) is 0 Å². The Morgan fingerprint density at radius 2 is 1.80 bits per heavy atom. The highest BCUT2D eigenvalue weighted by Gasteiger charge is 2.16. The normalized spacial score (nSPS) is 10.1. The maximum absolute atomic E-state index is 11.7. The fourth-order valence-electron chi connectivity index (χ4n) is 1.63. The Morgan fingerprint density at radius 1 is 1.10 bits per heavy atom. The molecule has 0 amide bonds. The Hall–Kier alpha value is -1.42. The van der Waals surface area contributed by atoms with Gasteiger partial charge in [0, 0.05) is 11.8 Å². The quantitative estimate of drug-likeness (QED) is 0.172. The van der Waals surface area contributed by atoms with E-state index in [0.717, 1.165) is 30.2 Å². The minimum absolute atomic E-state index is 0.0558. The molecule has 0 atom stereocenters. The van der Waals surface area contributed by atoms with E-state index in [2.05, 4.69) is 22.5 Å². The average molecular weight is 339 g/mol. The summed E-state index contributed by atoms with van der Waals surface area (Å²) < 4.78 is 5.07. The number of carbonyl (C=O) groups is 2. The molecular formula is C16H19BrO3. The van der Waals surface area contributed by atoms with E-state index in [1.807, 2.05) is 30.3 Å². The number of rotatable bonds is 9. The van der Waals surface area contributed by atoms with Crippen LogP contribution in [0.15, 0.2) is 42.5 Å². The maximum Gasteiger partial charge on any atom is 0.341 e. The first-order valence-corrected chi connectivity index (χ1v) is 7.76. The smallest absolute Gasteiger partial charge is 0.341 e. The lowest BCUT2D eigenvalue weighted by atomic mass is 10.1. The van der Waals surface area contributed by atoms with E-state index in [0.29, 0.717) is 6.42 Å². The van der Waals surface area contributed by atoms with Gasteiger partial charge in [-0.2, -0.15) is 0 Å². The molecule has 0 aliphatic heterocycles. The summed E-state index contributed by atoms with van der Waals surface area (Å²) >= 11 is 3.33. The molecule has 1 aromatic carbocycles. The van der Waals surface area contributed by atoms with Crippen LogP contribution >= 0.6 is 15.9 Å². The van der Waals surface area contributed by atoms with Crippen molar-refractivity contribution in [2.45, 2.75) is 32.3 Å². The summed E-state index contributed by atoms with van der Waals surface area (Å²) in [6.07, 6.45) is 3.11. The third-order valence-electron chi connectivity index (χ3n) is 2.83. The van der Waals surface area contributed by atoms with Gasteiger partial charge in [0.1, 0.15) is 6.61 Å². The van der Waals surface area contributed by atoms with Gasteiger partial charge in [0.05, 0.1) is 5.57 Å². The fraction of sp³-hybridized carbons (Fsp3) is 0.375. The number of hydrogen-bond acceptors (Lipinski definition) is 3. The number of halogens is 1. The standard InChI is InChI=1S/C16H19BrO3/c1-13(15(18)10-6-3-7-11-17)16(19)20-12-14-8-4-2-5-9-14/h2,4-5,8-9H,1,3,6-7,10-12H2. The van der Waals surface area contributed by atoms with Gasteiger partial charge in [-0.05, 0) is 18.4 Å². The minimum Gasteiger partial charge on any atom is -0.457 e. The average Bonchev–Trinajstić information content (AvgIpc) is 2.49. The number of ketones is 1. The molecule has 0 aliphatic rings. The van der Waals surface area contributed by atoms with Crippen molar-refractivity contribution in [2.75, 3.05) is 5.33 Å². The highest BCUT2D eigenvalue weighted by Crippen LogP contribution is 2.09. The van der Waals surface area contributed by atoms with Gasteiger partial charge in [-0.3, -0.25) is 4.79 Å². The van der Waals surface area contributed by atoms with Gasteiger partial charge in [0.25, 0.3) is 0 Å². The van der Waals surface area contributed by atoms with Crippen LogP contribution in [-0.4, -0.2) is 17.1 Å². The van der Waals surface area contributed by atoms with Gasteiger partial charge in [-0.25, -0.2) is 4.79 Å². The van der Waals surface area contributed by atoms with Crippen molar-refractivity contribution in [3.63, 3.8) is 0 Å². The van der Waals surface area contributed by atoms with Crippen LogP contribution in [0.25, 0.3) is 0 Å². The third-order valence-corrected chi connectivity index (χ3v) is 3.39. The molecule has 108 valence electrons. The van der Waals surface area contributed by atoms with Crippen LogP contribution in [0.2, 0.25) is 0 Å². The Labute approximate surface area is 128 Å². The largest absolute Gasteiger partial charge is 0.457 e. The molecule has 0 aromatic heterocycles. The lowest BCUT2D eigenvalue weighted by molar-refractivity contribution is -0.141. The van der Waals surface area contributed by atoms with Gasteiger partial charge in [0.2, 0.25) is 0 Å². The van der Waals surface area contributed by atoms with Crippen LogP contribution in [0, 0.1) is 0 Å². The SMILES string of the molecule is C=C(C(=O)CCCCCBr)C(=O)OCc1ccccc1. The van der Waals surface area contributed by atoms with Crippen molar-refractivity contribution in [1.29, 1.82) is 0 Å². The summed E-state index contributed by atoms with van der Waals surface area (Å²) in [6, 6.07) is 9.34. The summed E-state index contributed by atoms with van der Waals surface area (Å²) in [4.78, 5) is 23.4. The molecule has 3 nitrogen and oxygen atoms in total. The van der Waals surface area contributed by atoms with Gasteiger partial charge in [-0.15, -0.1) is 0 Å². The molecule has 0 bridgehead atoms. The summed E-state index contributed by atoms with van der Waals surface area (Å²) in [6.45, 7) is 3.69. The van der Waals surface area contributed by atoms with Gasteiger partial charge in [0.15, 0.2) is 5.78 Å². The molecular weight excluding hydrogens is 320 g/mol. The maximum atomic E-state index is 11.7. The Balaban J connectivity index is 2.31. The molecule has 4 heteroatoms. The monoisotopic (exact) mass is 338 g/mol. The Bertz CT molecular complexity index is 454. The van der Waals surface area contributed by atoms with Crippen LogP contribution in [0.4, 0.5) is 0 Å². The van der Waals surface area contributed by atoms with Crippen molar-refractivity contribution in [2.24, 2.45) is 0 Å². The summed E-state index contributed by atoms with van der Waals surface area (Å²) in [7, 11) is 0. The summed E-state index contributed by atoms with van der Waals surface area (Å²) in [5.41, 5.74) is 0.832. The van der Waals surface area contributed by atoms with Gasteiger partial charge in [-0.1, -0.05) is 59.3 Å². The second kappa shape index (κ2) is 9.48. The van der Waals surface area contributed by atoms with E-state index in [1.165, 1.54) is 0 Å². The molecule has 1 aromatic rings. The molecule has 0 N–H and O–H groups in total. The molecule has 0 aliphatic carbocycles. The zero-order valence-electron chi connectivity index (χ0n) is 11.4. The lowest BCUT2D eigenvalue weighted by Crippen LogP contribution is -2.14. The zero-order valence-corrected chi connectivity index (χ0v) is 13.0. The number of esters is 1. The van der Waals surface area contributed by atoms with Crippen molar-refractivity contribution >= 4 is 27.7 Å². The second-order valence-electron chi connectivity index (χ2n) is 4.46. The molecule has 0 radical (unpaired) electrons. The topological polar surface area (TPSA) is 43.4 Å². The first kappa shape index (κ1) is 16.6. The van der Waals surface area contributed by atoms with Crippen molar-refractivity contribution < 1.29 is 14.3 Å². The predicted molar refractivity (Wildman–Crippen MR) is 82.6 cm³/mol. The first-order chi connectivity index (χ1) is 9.65. The summed E-state index contributed by atoms with van der Waals surface area (Å²) in [5, 5.41) is 0.932. The van der Waals surface area contributed by atoms with Crippen LogP contribution in [0.3, 0.4) is 0 Å². The molecule has 0 fully saturated rings. The molecule has 20 heavy (non-hydrogen) atoms. The highest BCUT2D eigenvalue weighted by molar-refractivity contribution is 9.09. The van der Waals surface area contributed by atoms with Crippen molar-refractivity contribution in [3.05, 3.63) is 48.0 Å². The fourth-order valence-corrected chi connectivity index (χ4v) is 2.03. The number of hydrogen-bond donors (Lipinski definition) is 0. The third kappa shape index (κ3) is 6.15. The van der Waals surface area contributed by atoms with E-state index in [4.69, 9.17) is 4.74 Å².